The minimum Gasteiger partial charge on any atom is -0.491 e. The molecule has 1 amide bonds. The van der Waals surface area contributed by atoms with Crippen LogP contribution in [0.1, 0.15) is 52.9 Å². The SMILES string of the molecule is CCCNC(=O)CCNC(=NCCCOCC1CC1)Nc1ccc(OC(C)C)cc1.I. The van der Waals surface area contributed by atoms with Gasteiger partial charge in [0, 0.05) is 45.0 Å². The van der Waals surface area contributed by atoms with Gasteiger partial charge in [0.2, 0.25) is 5.91 Å². The molecule has 1 saturated carbocycles. The van der Waals surface area contributed by atoms with Gasteiger partial charge < -0.3 is 25.4 Å². The van der Waals surface area contributed by atoms with Crippen molar-refractivity contribution in [1.82, 2.24) is 10.6 Å². The number of benzene rings is 1. The minimum atomic E-state index is 0. The number of nitrogens with zero attached hydrogens (tertiary/aromatic N) is 1. The fourth-order valence-electron chi connectivity index (χ4n) is 2.70. The summed E-state index contributed by atoms with van der Waals surface area (Å²) in [4.78, 5) is 16.5. The number of rotatable bonds is 14. The molecule has 0 spiro atoms. The van der Waals surface area contributed by atoms with E-state index in [9.17, 15) is 4.79 Å². The van der Waals surface area contributed by atoms with E-state index >= 15 is 0 Å². The molecule has 0 bridgehead atoms. The number of hydrogen-bond donors (Lipinski definition) is 3. The van der Waals surface area contributed by atoms with Crippen molar-refractivity contribution in [2.24, 2.45) is 10.9 Å². The van der Waals surface area contributed by atoms with Gasteiger partial charge in [-0.2, -0.15) is 0 Å². The molecule has 1 aliphatic rings. The van der Waals surface area contributed by atoms with Crippen molar-refractivity contribution in [3.63, 3.8) is 0 Å². The van der Waals surface area contributed by atoms with Crippen LogP contribution in [0.2, 0.25) is 0 Å². The van der Waals surface area contributed by atoms with Crippen LogP contribution in [0.4, 0.5) is 5.69 Å². The molecule has 31 heavy (non-hydrogen) atoms. The zero-order valence-corrected chi connectivity index (χ0v) is 21.4. The summed E-state index contributed by atoms with van der Waals surface area (Å²) >= 11 is 0. The highest BCUT2D eigenvalue weighted by Gasteiger charge is 2.20. The molecule has 7 nitrogen and oxygen atoms in total. The topological polar surface area (TPSA) is 84.0 Å². The average molecular weight is 546 g/mol. The lowest BCUT2D eigenvalue weighted by molar-refractivity contribution is -0.120. The average Bonchev–Trinajstić information content (AvgIpc) is 3.54. The zero-order valence-electron chi connectivity index (χ0n) is 19.1. The number of amides is 1. The van der Waals surface area contributed by atoms with Crippen molar-refractivity contribution in [3.8, 4) is 5.75 Å². The molecule has 3 N–H and O–H groups in total. The summed E-state index contributed by atoms with van der Waals surface area (Å²) in [7, 11) is 0. The van der Waals surface area contributed by atoms with Gasteiger partial charge in [0.05, 0.1) is 6.10 Å². The third kappa shape index (κ3) is 13.5. The number of ether oxygens (including phenoxy) is 2. The lowest BCUT2D eigenvalue weighted by Gasteiger charge is -2.14. The standard InChI is InChI=1S/C23H38N4O3.HI/c1-4-13-24-22(28)12-15-26-23(25-14-5-16-29-17-19-6-7-19)27-20-8-10-21(11-9-20)30-18(2)3;/h8-11,18-19H,4-7,12-17H2,1-3H3,(H,24,28)(H2,25,26,27);1H. The maximum atomic E-state index is 11.8. The molecule has 0 saturated heterocycles. The van der Waals surface area contributed by atoms with Crippen LogP contribution in [0.5, 0.6) is 5.75 Å². The molecule has 0 atom stereocenters. The van der Waals surface area contributed by atoms with Gasteiger partial charge >= 0.3 is 0 Å². The van der Waals surface area contributed by atoms with E-state index in [2.05, 4.69) is 20.9 Å². The van der Waals surface area contributed by atoms with E-state index in [1.807, 2.05) is 45.0 Å². The third-order valence-electron chi connectivity index (χ3n) is 4.47. The van der Waals surface area contributed by atoms with E-state index in [-0.39, 0.29) is 36.0 Å². The molecule has 0 aromatic heterocycles. The van der Waals surface area contributed by atoms with Gasteiger partial charge in [-0.05, 0) is 69.7 Å². The Labute approximate surface area is 204 Å². The number of carbonyl (C=O) groups is 1. The second-order valence-corrected chi connectivity index (χ2v) is 7.94. The number of aliphatic imine (C=N–C) groups is 1. The second-order valence-electron chi connectivity index (χ2n) is 7.94. The fourth-order valence-corrected chi connectivity index (χ4v) is 2.70. The van der Waals surface area contributed by atoms with Crippen LogP contribution < -0.4 is 20.7 Å². The Kier molecular flexibility index (Phi) is 14.3. The molecular formula is C23H39IN4O3. The molecular weight excluding hydrogens is 507 g/mol. The number of guanidine groups is 1. The van der Waals surface area contributed by atoms with Gasteiger partial charge in [-0.1, -0.05) is 6.92 Å². The first-order valence-electron chi connectivity index (χ1n) is 11.2. The van der Waals surface area contributed by atoms with Gasteiger partial charge in [0.25, 0.3) is 0 Å². The van der Waals surface area contributed by atoms with Crippen LogP contribution in [0.15, 0.2) is 29.3 Å². The number of hydrogen-bond acceptors (Lipinski definition) is 4. The maximum Gasteiger partial charge on any atom is 0.221 e. The summed E-state index contributed by atoms with van der Waals surface area (Å²) in [6, 6.07) is 7.79. The van der Waals surface area contributed by atoms with Crippen LogP contribution in [-0.4, -0.2) is 50.8 Å². The molecule has 0 aliphatic heterocycles. The van der Waals surface area contributed by atoms with Crippen molar-refractivity contribution in [3.05, 3.63) is 24.3 Å². The molecule has 0 unspecified atom stereocenters. The largest absolute Gasteiger partial charge is 0.491 e. The van der Waals surface area contributed by atoms with Gasteiger partial charge in [-0.25, -0.2) is 0 Å². The Hall–Kier alpha value is -1.55. The van der Waals surface area contributed by atoms with Gasteiger partial charge in [-0.15, -0.1) is 24.0 Å². The van der Waals surface area contributed by atoms with Crippen molar-refractivity contribution in [2.75, 3.05) is 38.2 Å². The van der Waals surface area contributed by atoms with Crippen molar-refractivity contribution >= 4 is 41.5 Å². The Balaban J connectivity index is 0.00000480. The summed E-state index contributed by atoms with van der Waals surface area (Å²) in [6.07, 6.45) is 4.98. The maximum absolute atomic E-state index is 11.8. The monoisotopic (exact) mass is 546 g/mol. The minimum absolute atomic E-state index is 0. The smallest absolute Gasteiger partial charge is 0.221 e. The summed E-state index contributed by atoms with van der Waals surface area (Å²) in [6.45, 7) is 9.56. The van der Waals surface area contributed by atoms with Crippen LogP contribution in [0, 0.1) is 5.92 Å². The summed E-state index contributed by atoms with van der Waals surface area (Å²) in [5.74, 6) is 2.33. The first-order valence-corrected chi connectivity index (χ1v) is 11.2. The van der Waals surface area contributed by atoms with E-state index in [1.54, 1.807) is 0 Å². The predicted molar refractivity (Wildman–Crippen MR) is 138 cm³/mol. The van der Waals surface area contributed by atoms with Crippen LogP contribution in [-0.2, 0) is 9.53 Å². The van der Waals surface area contributed by atoms with E-state index in [0.717, 1.165) is 43.4 Å². The normalized spacial score (nSPS) is 13.5. The summed E-state index contributed by atoms with van der Waals surface area (Å²) in [5.41, 5.74) is 0.915. The summed E-state index contributed by atoms with van der Waals surface area (Å²) in [5, 5.41) is 9.44. The van der Waals surface area contributed by atoms with Crippen molar-refractivity contribution in [2.45, 2.75) is 59.0 Å². The number of halogens is 1. The molecule has 1 fully saturated rings. The van der Waals surface area contributed by atoms with E-state index in [0.29, 0.717) is 32.0 Å². The quantitative estimate of drug-likeness (QED) is 0.141. The molecule has 1 aromatic rings. The highest BCUT2D eigenvalue weighted by Crippen LogP contribution is 2.28. The first-order chi connectivity index (χ1) is 14.6. The molecule has 176 valence electrons. The molecule has 0 radical (unpaired) electrons. The van der Waals surface area contributed by atoms with Crippen molar-refractivity contribution in [1.29, 1.82) is 0 Å². The van der Waals surface area contributed by atoms with E-state index < -0.39 is 0 Å². The van der Waals surface area contributed by atoms with Gasteiger partial charge in [-0.3, -0.25) is 9.79 Å². The first kappa shape index (κ1) is 27.5. The van der Waals surface area contributed by atoms with Gasteiger partial charge in [0.15, 0.2) is 5.96 Å². The van der Waals surface area contributed by atoms with Gasteiger partial charge in [0.1, 0.15) is 5.75 Å². The number of carbonyl (C=O) groups excluding carboxylic acids is 1. The predicted octanol–water partition coefficient (Wildman–Crippen LogP) is 4.18. The fraction of sp³-hybridized carbons (Fsp3) is 0.652. The Morgan fingerprint density at radius 3 is 2.55 bits per heavy atom. The lowest BCUT2D eigenvalue weighted by Crippen LogP contribution is -2.35. The Bertz CT molecular complexity index is 649. The molecule has 2 rings (SSSR count). The molecule has 1 aliphatic carbocycles. The van der Waals surface area contributed by atoms with E-state index in [4.69, 9.17) is 9.47 Å². The highest BCUT2D eigenvalue weighted by atomic mass is 127. The highest BCUT2D eigenvalue weighted by molar-refractivity contribution is 14.0. The molecule has 0 heterocycles. The second kappa shape index (κ2) is 16.1. The van der Waals surface area contributed by atoms with Crippen LogP contribution in [0.25, 0.3) is 0 Å². The number of anilines is 1. The van der Waals surface area contributed by atoms with E-state index in [1.165, 1.54) is 12.8 Å². The molecule has 8 heteroatoms. The zero-order chi connectivity index (χ0) is 21.6. The Morgan fingerprint density at radius 2 is 1.90 bits per heavy atom. The van der Waals surface area contributed by atoms with Crippen LogP contribution >= 0.6 is 24.0 Å². The third-order valence-corrected chi connectivity index (χ3v) is 4.47. The van der Waals surface area contributed by atoms with Crippen molar-refractivity contribution < 1.29 is 14.3 Å². The number of nitrogens with one attached hydrogen (secondary N) is 3. The van der Waals surface area contributed by atoms with Crippen LogP contribution in [0.3, 0.4) is 0 Å². The molecule has 1 aromatic carbocycles. The Morgan fingerprint density at radius 1 is 1.16 bits per heavy atom. The lowest BCUT2D eigenvalue weighted by atomic mass is 10.3. The summed E-state index contributed by atoms with van der Waals surface area (Å²) < 4.78 is 11.4.